The summed E-state index contributed by atoms with van der Waals surface area (Å²) in [5, 5.41) is 0.680. The average Bonchev–Trinajstić information content (AvgIpc) is 3.14. The number of aromatic nitrogens is 3. The van der Waals surface area contributed by atoms with Crippen molar-refractivity contribution in [2.45, 2.75) is 31.7 Å². The second-order valence-electron chi connectivity index (χ2n) is 8.16. The highest BCUT2D eigenvalue weighted by molar-refractivity contribution is 5.81. The zero-order valence-corrected chi connectivity index (χ0v) is 16.6. The van der Waals surface area contributed by atoms with Crippen molar-refractivity contribution in [3.8, 4) is 5.82 Å². The van der Waals surface area contributed by atoms with E-state index < -0.39 is 6.04 Å². The number of anilines is 1. The second-order valence-corrected chi connectivity index (χ2v) is 8.16. The van der Waals surface area contributed by atoms with Crippen molar-refractivity contribution in [1.82, 2.24) is 14.3 Å². The molecule has 1 unspecified atom stereocenters. The molecule has 6 nitrogen and oxygen atoms in total. The molecule has 0 fully saturated rings. The fourth-order valence-corrected chi connectivity index (χ4v) is 4.99. The number of pyridine rings is 1. The third-order valence-electron chi connectivity index (χ3n) is 6.44. The van der Waals surface area contributed by atoms with Crippen LogP contribution in [0.2, 0.25) is 0 Å². The van der Waals surface area contributed by atoms with E-state index in [0.717, 1.165) is 36.9 Å². The van der Waals surface area contributed by atoms with Crippen LogP contribution >= 0.6 is 0 Å². The highest BCUT2D eigenvalue weighted by Crippen LogP contribution is 2.42. The molecule has 0 saturated heterocycles. The van der Waals surface area contributed by atoms with Gasteiger partial charge in [-0.05, 0) is 61.1 Å². The quantitative estimate of drug-likeness (QED) is 0.457. The van der Waals surface area contributed by atoms with Crippen LogP contribution in [0, 0.1) is 5.82 Å². The second kappa shape index (κ2) is 6.38. The lowest BCUT2D eigenvalue weighted by molar-refractivity contribution is 0.539. The van der Waals surface area contributed by atoms with Crippen LogP contribution in [-0.2, 0) is 12.8 Å². The van der Waals surface area contributed by atoms with E-state index in [2.05, 4.69) is 0 Å². The van der Waals surface area contributed by atoms with Crippen molar-refractivity contribution in [3.63, 3.8) is 0 Å². The maximum Gasteiger partial charge on any atom is 0.279 e. The molecule has 6 rings (SSSR count). The SMILES string of the molecule is Nc1c2c(nc3c1C(c1ccc(F)cc1)n1c(=O)c4ccccc4c(=O)n1-3)CCCC2. The molecule has 0 bridgehead atoms. The number of rotatable bonds is 1. The van der Waals surface area contributed by atoms with Crippen LogP contribution in [0.5, 0.6) is 0 Å². The monoisotopic (exact) mass is 414 g/mol. The van der Waals surface area contributed by atoms with E-state index in [9.17, 15) is 14.0 Å². The van der Waals surface area contributed by atoms with Gasteiger partial charge in [0.15, 0.2) is 5.82 Å². The Morgan fingerprint density at radius 3 is 2.35 bits per heavy atom. The van der Waals surface area contributed by atoms with E-state index in [-0.39, 0.29) is 16.9 Å². The zero-order chi connectivity index (χ0) is 21.3. The molecule has 0 spiro atoms. The minimum absolute atomic E-state index is 0.306. The fraction of sp³-hybridized carbons (Fsp3) is 0.208. The average molecular weight is 414 g/mol. The fourth-order valence-electron chi connectivity index (χ4n) is 4.99. The maximum absolute atomic E-state index is 13.7. The molecular formula is C24H19FN4O2. The van der Waals surface area contributed by atoms with Crippen molar-refractivity contribution in [3.05, 3.63) is 97.4 Å². The molecule has 2 N–H and O–H groups in total. The Morgan fingerprint density at radius 2 is 1.61 bits per heavy atom. The molecule has 1 aliphatic heterocycles. The Morgan fingerprint density at radius 1 is 0.935 bits per heavy atom. The molecule has 0 amide bonds. The first-order valence-electron chi connectivity index (χ1n) is 10.4. The zero-order valence-electron chi connectivity index (χ0n) is 16.6. The highest BCUT2D eigenvalue weighted by atomic mass is 19.1. The van der Waals surface area contributed by atoms with Gasteiger partial charge in [0.25, 0.3) is 11.1 Å². The summed E-state index contributed by atoms with van der Waals surface area (Å²) in [4.78, 5) is 31.9. The molecule has 2 aliphatic rings. The van der Waals surface area contributed by atoms with E-state index in [0.29, 0.717) is 33.4 Å². The van der Waals surface area contributed by atoms with Crippen LogP contribution in [0.25, 0.3) is 16.6 Å². The molecule has 1 aliphatic carbocycles. The van der Waals surface area contributed by atoms with Gasteiger partial charge in [0.2, 0.25) is 0 Å². The van der Waals surface area contributed by atoms with Gasteiger partial charge in [0, 0.05) is 16.9 Å². The summed E-state index contributed by atoms with van der Waals surface area (Å²) >= 11 is 0. The highest BCUT2D eigenvalue weighted by Gasteiger charge is 2.37. The number of hydrogen-bond acceptors (Lipinski definition) is 4. The lowest BCUT2D eigenvalue weighted by atomic mass is 9.90. The van der Waals surface area contributed by atoms with Gasteiger partial charge in [-0.2, -0.15) is 4.68 Å². The van der Waals surface area contributed by atoms with Crippen molar-refractivity contribution in [1.29, 1.82) is 0 Å². The Hall–Kier alpha value is -3.74. The van der Waals surface area contributed by atoms with Gasteiger partial charge in [-0.15, -0.1) is 0 Å². The Kier molecular flexibility index (Phi) is 3.72. The third-order valence-corrected chi connectivity index (χ3v) is 6.44. The Labute approximate surface area is 176 Å². The minimum Gasteiger partial charge on any atom is -0.398 e. The molecule has 0 radical (unpaired) electrons. The predicted molar refractivity (Wildman–Crippen MR) is 116 cm³/mol. The summed E-state index contributed by atoms with van der Waals surface area (Å²) in [5.74, 6) is 0.0297. The van der Waals surface area contributed by atoms with E-state index in [1.807, 2.05) is 0 Å². The topological polar surface area (TPSA) is 82.9 Å². The summed E-state index contributed by atoms with van der Waals surface area (Å²) < 4.78 is 16.4. The number of nitrogens with two attached hydrogens (primary N) is 1. The molecule has 3 heterocycles. The molecule has 2 aromatic heterocycles. The van der Waals surface area contributed by atoms with Crippen LogP contribution in [0.4, 0.5) is 10.1 Å². The first kappa shape index (κ1) is 18.1. The van der Waals surface area contributed by atoms with Crippen LogP contribution in [0.3, 0.4) is 0 Å². The summed E-state index contributed by atoms with van der Waals surface area (Å²) in [6, 6.07) is 12.1. The van der Waals surface area contributed by atoms with Crippen LogP contribution < -0.4 is 16.9 Å². The van der Waals surface area contributed by atoms with Crippen molar-refractivity contribution < 1.29 is 4.39 Å². The lowest BCUT2D eigenvalue weighted by Gasteiger charge is -2.21. The maximum atomic E-state index is 13.7. The third kappa shape index (κ3) is 2.40. The first-order chi connectivity index (χ1) is 15.1. The molecule has 31 heavy (non-hydrogen) atoms. The molecule has 4 aromatic rings. The van der Waals surface area contributed by atoms with Crippen LogP contribution in [0.15, 0.2) is 58.1 Å². The molecular weight excluding hydrogens is 395 g/mol. The smallest absolute Gasteiger partial charge is 0.279 e. The number of halogens is 1. The lowest BCUT2D eigenvalue weighted by Crippen LogP contribution is -2.36. The van der Waals surface area contributed by atoms with Gasteiger partial charge < -0.3 is 5.73 Å². The summed E-state index contributed by atoms with van der Waals surface area (Å²) in [5.41, 5.74) is 9.83. The number of nitrogen functional groups attached to an aromatic ring is 1. The molecule has 154 valence electrons. The molecule has 7 heteroatoms. The molecule has 1 atom stereocenters. The van der Waals surface area contributed by atoms with E-state index >= 15 is 0 Å². The van der Waals surface area contributed by atoms with E-state index in [1.54, 1.807) is 36.4 Å². The standard InChI is InChI=1S/C24H19FN4O2/c25-14-11-9-13(10-12-14)21-19-20(26)17-7-3-4-8-18(17)27-22(19)29-24(31)16-6-2-1-5-15(16)23(30)28(21)29/h1-2,5-6,9-12,21H,3-4,7-8H2,(H2,26,27). The number of aryl methyl sites for hydroxylation is 1. The first-order valence-corrected chi connectivity index (χ1v) is 10.4. The normalized spacial score (nSPS) is 16.7. The number of nitrogens with zero attached hydrogens (tertiary/aromatic N) is 3. The van der Waals surface area contributed by atoms with Crippen LogP contribution in [0.1, 0.15) is 41.3 Å². The van der Waals surface area contributed by atoms with Gasteiger partial charge in [-0.3, -0.25) is 9.59 Å². The largest absolute Gasteiger partial charge is 0.398 e. The van der Waals surface area contributed by atoms with Gasteiger partial charge in [0.05, 0.1) is 10.8 Å². The number of fused-ring (bicyclic) bond motifs is 5. The summed E-state index contributed by atoms with van der Waals surface area (Å²) in [6.45, 7) is 0. The number of hydrogen-bond donors (Lipinski definition) is 1. The van der Waals surface area contributed by atoms with Gasteiger partial charge >= 0.3 is 0 Å². The van der Waals surface area contributed by atoms with Gasteiger partial charge in [-0.1, -0.05) is 24.3 Å². The molecule has 2 aromatic carbocycles. The predicted octanol–water partition coefficient (Wildman–Crippen LogP) is 3.10. The van der Waals surface area contributed by atoms with E-state index in [4.69, 9.17) is 10.7 Å². The summed E-state index contributed by atoms with van der Waals surface area (Å²) in [6.07, 6.45) is 3.65. The number of benzene rings is 2. The Balaban J connectivity index is 1.79. The van der Waals surface area contributed by atoms with Gasteiger partial charge in [0.1, 0.15) is 11.9 Å². The minimum atomic E-state index is -0.653. The summed E-state index contributed by atoms with van der Waals surface area (Å²) in [7, 11) is 0. The van der Waals surface area contributed by atoms with Crippen molar-refractivity contribution >= 4 is 16.5 Å². The van der Waals surface area contributed by atoms with Gasteiger partial charge in [-0.25, -0.2) is 14.1 Å². The van der Waals surface area contributed by atoms with Crippen LogP contribution in [-0.4, -0.2) is 14.3 Å². The van der Waals surface area contributed by atoms with Crippen molar-refractivity contribution in [2.75, 3.05) is 5.73 Å². The van der Waals surface area contributed by atoms with Crippen molar-refractivity contribution in [2.24, 2.45) is 0 Å². The Bertz CT molecular complexity index is 1500. The molecule has 0 saturated carbocycles. The van der Waals surface area contributed by atoms with E-state index in [1.165, 1.54) is 21.5 Å².